The number of carbonyl (C=O) groups excluding carboxylic acids is 2. The zero-order valence-corrected chi connectivity index (χ0v) is 16.2. The quantitative estimate of drug-likeness (QED) is 0.234. The van der Waals surface area contributed by atoms with Gasteiger partial charge in [0.15, 0.2) is 0 Å². The lowest BCUT2D eigenvalue weighted by Gasteiger charge is -2.17. The molecule has 0 saturated heterocycles. The Morgan fingerprint density at radius 3 is 1.83 bits per heavy atom. The lowest BCUT2D eigenvalue weighted by molar-refractivity contribution is 0.0998. The van der Waals surface area contributed by atoms with E-state index in [4.69, 9.17) is 11.5 Å². The molecule has 0 heterocycles. The first-order chi connectivity index (χ1) is 14.2. The van der Waals surface area contributed by atoms with Crippen molar-refractivity contribution in [1.29, 1.82) is 0 Å². The molecule has 0 aliphatic heterocycles. The summed E-state index contributed by atoms with van der Waals surface area (Å²) in [5.74, 6) is -1.42. The Labute approximate surface area is 169 Å². The van der Waals surface area contributed by atoms with E-state index in [9.17, 15) is 22.6 Å². The van der Waals surface area contributed by atoms with Gasteiger partial charge in [0, 0.05) is 16.5 Å². The molecule has 0 aliphatic rings. The monoisotopic (exact) mass is 418 g/mol. The van der Waals surface area contributed by atoms with Crippen LogP contribution < -0.4 is 11.5 Å². The number of rotatable bonds is 3. The van der Waals surface area contributed by atoms with Crippen LogP contribution in [0.15, 0.2) is 59.5 Å². The normalized spacial score (nSPS) is 12.3. The Balaban J connectivity index is 2.18. The summed E-state index contributed by atoms with van der Waals surface area (Å²) in [4.78, 5) is 23.9. The molecule has 5 rings (SSSR count). The first-order valence-electron chi connectivity index (χ1n) is 8.93. The molecule has 7 nitrogen and oxygen atoms in total. The Morgan fingerprint density at radius 2 is 1.27 bits per heavy atom. The zero-order valence-electron chi connectivity index (χ0n) is 15.3. The maximum Gasteiger partial charge on any atom is 0.294 e. The number of nitrogens with two attached hydrogens (primary N) is 2. The van der Waals surface area contributed by atoms with E-state index in [0.717, 1.165) is 16.2 Å². The van der Waals surface area contributed by atoms with E-state index in [1.807, 2.05) is 6.07 Å². The summed E-state index contributed by atoms with van der Waals surface area (Å²) in [5, 5.41) is 5.09. The number of fused-ring (bicyclic) bond motifs is 2. The standard InChI is InChI=1S/C22H14N2O5S/c23-21(25)15-6-4-13-12-3-1-2-10-8-11(30(27,28)29)9-17(18(10)12)14-5-7-16(22(24)26)20(15)19(13)14/h1-9H,(H2,23,25)(H2,24,26)(H,27,28,29). The lowest BCUT2D eigenvalue weighted by Crippen LogP contribution is -2.16. The van der Waals surface area contributed by atoms with Crippen LogP contribution in [0.2, 0.25) is 0 Å². The average Bonchev–Trinajstić information content (AvgIpc) is 2.69. The molecule has 8 heteroatoms. The molecule has 0 aliphatic carbocycles. The van der Waals surface area contributed by atoms with Gasteiger partial charge in [0.25, 0.3) is 10.1 Å². The van der Waals surface area contributed by atoms with Crippen LogP contribution in [0.5, 0.6) is 0 Å². The van der Waals surface area contributed by atoms with E-state index in [2.05, 4.69) is 0 Å². The first kappa shape index (κ1) is 18.3. The van der Waals surface area contributed by atoms with Crippen molar-refractivity contribution in [2.24, 2.45) is 11.5 Å². The highest BCUT2D eigenvalue weighted by Crippen LogP contribution is 2.42. The minimum atomic E-state index is -4.45. The molecule has 2 amide bonds. The third-order valence-electron chi connectivity index (χ3n) is 5.52. The van der Waals surface area contributed by atoms with Gasteiger partial charge in [-0.05, 0) is 62.0 Å². The van der Waals surface area contributed by atoms with E-state index in [1.54, 1.807) is 30.3 Å². The summed E-state index contributed by atoms with van der Waals surface area (Å²) in [6, 6.07) is 14.7. The number of primary amides is 2. The van der Waals surface area contributed by atoms with Gasteiger partial charge in [-0.15, -0.1) is 0 Å². The predicted molar refractivity (Wildman–Crippen MR) is 115 cm³/mol. The van der Waals surface area contributed by atoms with E-state index in [1.165, 1.54) is 18.2 Å². The second kappa shape index (κ2) is 5.88. The number of carbonyl (C=O) groups is 2. The van der Waals surface area contributed by atoms with Gasteiger partial charge in [0.1, 0.15) is 0 Å². The van der Waals surface area contributed by atoms with Gasteiger partial charge in [-0.2, -0.15) is 8.42 Å². The summed E-state index contributed by atoms with van der Waals surface area (Å²) in [7, 11) is -4.45. The van der Waals surface area contributed by atoms with Crippen LogP contribution in [0.25, 0.3) is 43.1 Å². The molecule has 5 N–H and O–H groups in total. The molecule has 0 unspecified atom stereocenters. The highest BCUT2D eigenvalue weighted by Gasteiger charge is 2.22. The van der Waals surface area contributed by atoms with Crippen molar-refractivity contribution in [1.82, 2.24) is 0 Å². The minimum absolute atomic E-state index is 0.144. The van der Waals surface area contributed by atoms with Crippen molar-refractivity contribution >= 4 is 65.0 Å². The van der Waals surface area contributed by atoms with E-state index in [0.29, 0.717) is 26.9 Å². The third-order valence-corrected chi connectivity index (χ3v) is 6.35. The number of amides is 2. The molecule has 5 aromatic rings. The summed E-state index contributed by atoms with van der Waals surface area (Å²) < 4.78 is 33.3. The molecule has 0 fully saturated rings. The highest BCUT2D eigenvalue weighted by atomic mass is 32.2. The fraction of sp³-hybridized carbons (Fsp3) is 0. The van der Waals surface area contributed by atoms with E-state index in [-0.39, 0.29) is 16.0 Å². The molecule has 0 aromatic heterocycles. The fourth-order valence-corrected chi connectivity index (χ4v) is 4.88. The lowest BCUT2D eigenvalue weighted by atomic mass is 9.86. The number of benzene rings is 5. The molecule has 0 atom stereocenters. The Morgan fingerprint density at radius 1 is 0.700 bits per heavy atom. The summed E-state index contributed by atoms with van der Waals surface area (Å²) >= 11 is 0. The maximum absolute atomic E-state index is 12.1. The van der Waals surface area contributed by atoms with Gasteiger partial charge < -0.3 is 11.5 Å². The van der Waals surface area contributed by atoms with E-state index < -0.39 is 21.9 Å². The van der Waals surface area contributed by atoms with Crippen molar-refractivity contribution in [2.75, 3.05) is 0 Å². The van der Waals surface area contributed by atoms with Crippen molar-refractivity contribution < 1.29 is 22.6 Å². The summed E-state index contributed by atoms with van der Waals surface area (Å²) in [5.41, 5.74) is 11.4. The van der Waals surface area contributed by atoms with Crippen LogP contribution in [0, 0.1) is 0 Å². The fourth-order valence-electron chi connectivity index (χ4n) is 4.34. The largest absolute Gasteiger partial charge is 0.366 e. The summed E-state index contributed by atoms with van der Waals surface area (Å²) in [6.07, 6.45) is 0. The van der Waals surface area contributed by atoms with Gasteiger partial charge in [-0.1, -0.05) is 30.3 Å². The van der Waals surface area contributed by atoms with Gasteiger partial charge >= 0.3 is 0 Å². The zero-order chi connectivity index (χ0) is 21.4. The number of hydrogen-bond acceptors (Lipinski definition) is 4. The second-order valence-corrected chi connectivity index (χ2v) is 8.57. The Hall–Kier alpha value is -3.75. The molecular formula is C22H14N2O5S. The molecule has 5 aromatic carbocycles. The van der Waals surface area contributed by atoms with Crippen molar-refractivity contribution in [3.05, 3.63) is 65.7 Å². The Bertz CT molecular complexity index is 1650. The molecule has 0 saturated carbocycles. The first-order valence-corrected chi connectivity index (χ1v) is 10.4. The molecule has 30 heavy (non-hydrogen) atoms. The molecule has 0 radical (unpaired) electrons. The van der Waals surface area contributed by atoms with Crippen LogP contribution in [0.4, 0.5) is 0 Å². The number of hydrogen-bond donors (Lipinski definition) is 3. The topological polar surface area (TPSA) is 141 Å². The van der Waals surface area contributed by atoms with Gasteiger partial charge in [0.2, 0.25) is 11.8 Å². The van der Waals surface area contributed by atoms with Crippen molar-refractivity contribution in [3.8, 4) is 0 Å². The van der Waals surface area contributed by atoms with Crippen LogP contribution in [-0.2, 0) is 10.1 Å². The van der Waals surface area contributed by atoms with Crippen molar-refractivity contribution in [2.45, 2.75) is 4.90 Å². The highest BCUT2D eigenvalue weighted by molar-refractivity contribution is 7.85. The Kier molecular flexibility index (Phi) is 3.59. The summed E-state index contributed by atoms with van der Waals surface area (Å²) in [6.45, 7) is 0. The second-order valence-electron chi connectivity index (χ2n) is 7.15. The van der Waals surface area contributed by atoms with Crippen molar-refractivity contribution in [3.63, 3.8) is 0 Å². The van der Waals surface area contributed by atoms with Crippen LogP contribution in [-0.4, -0.2) is 24.8 Å². The van der Waals surface area contributed by atoms with Gasteiger partial charge in [-0.3, -0.25) is 14.1 Å². The van der Waals surface area contributed by atoms with Gasteiger partial charge in [0.05, 0.1) is 4.90 Å². The van der Waals surface area contributed by atoms with Crippen LogP contribution >= 0.6 is 0 Å². The third kappa shape index (κ3) is 2.38. The smallest absolute Gasteiger partial charge is 0.294 e. The van der Waals surface area contributed by atoms with Gasteiger partial charge in [-0.25, -0.2) is 0 Å². The minimum Gasteiger partial charge on any atom is -0.366 e. The van der Waals surface area contributed by atoms with Crippen LogP contribution in [0.1, 0.15) is 20.7 Å². The maximum atomic E-state index is 12.1. The van der Waals surface area contributed by atoms with Crippen LogP contribution in [0.3, 0.4) is 0 Å². The average molecular weight is 418 g/mol. The van der Waals surface area contributed by atoms with E-state index >= 15 is 0 Å². The SMILES string of the molecule is NC(=O)c1ccc2c3cccc4cc(S(=O)(=O)O)cc(c5ccc(C(N)=O)c1c25)c43. The molecule has 0 spiro atoms. The molecule has 148 valence electrons. The molecular weight excluding hydrogens is 404 g/mol. The molecule has 0 bridgehead atoms. The predicted octanol–water partition coefficient (Wildman–Crippen LogP) is 3.18.